The van der Waals surface area contributed by atoms with Gasteiger partial charge in [0.05, 0.1) is 21.8 Å². The van der Waals surface area contributed by atoms with E-state index in [1.165, 1.54) is 12.3 Å². The molecule has 0 bridgehead atoms. The summed E-state index contributed by atoms with van der Waals surface area (Å²) >= 11 is 5.84. The maximum Gasteiger partial charge on any atom is 0.294 e. The highest BCUT2D eigenvalue weighted by Crippen LogP contribution is 2.25. The van der Waals surface area contributed by atoms with E-state index in [9.17, 15) is 12.8 Å². The van der Waals surface area contributed by atoms with Gasteiger partial charge < -0.3 is 0 Å². The highest BCUT2D eigenvalue weighted by molar-refractivity contribution is 7.85. The number of allylic oxidation sites excluding steroid dienone is 1. The molecule has 1 aliphatic rings. The van der Waals surface area contributed by atoms with E-state index in [4.69, 9.17) is 16.2 Å². The maximum atomic E-state index is 12.9. The molecule has 0 atom stereocenters. The van der Waals surface area contributed by atoms with Gasteiger partial charge in [-0.25, -0.2) is 5.43 Å². The lowest BCUT2D eigenvalue weighted by atomic mass is 10.3. The molecule has 0 fully saturated rings. The summed E-state index contributed by atoms with van der Waals surface area (Å²) in [5.74, 6) is -0.631. The molecule has 10 heteroatoms. The molecular weight excluding hydrogens is 299 g/mol. The Labute approximate surface area is 113 Å². The van der Waals surface area contributed by atoms with E-state index in [2.05, 4.69) is 16.0 Å². The Balaban J connectivity index is 2.19. The maximum absolute atomic E-state index is 12.9. The second-order valence-corrected chi connectivity index (χ2v) is 5.26. The minimum absolute atomic E-state index is 0.0158. The molecule has 1 aromatic carbocycles. The minimum atomic E-state index is -4.32. The van der Waals surface area contributed by atoms with Crippen LogP contribution in [0.2, 0.25) is 5.02 Å². The zero-order valence-electron chi connectivity index (χ0n) is 9.21. The van der Waals surface area contributed by atoms with E-state index < -0.39 is 16.1 Å². The van der Waals surface area contributed by atoms with Gasteiger partial charge in [-0.2, -0.15) is 12.8 Å². The Morgan fingerprint density at radius 3 is 2.79 bits per heavy atom. The van der Waals surface area contributed by atoms with Gasteiger partial charge in [-0.15, -0.1) is 10.3 Å². The van der Waals surface area contributed by atoms with Crippen LogP contribution in [0, 0.1) is 0 Å². The predicted octanol–water partition coefficient (Wildman–Crippen LogP) is 1.53. The van der Waals surface area contributed by atoms with E-state index in [0.29, 0.717) is 0 Å². The van der Waals surface area contributed by atoms with Crippen LogP contribution in [0.5, 0.6) is 0 Å². The molecule has 0 saturated heterocycles. The fourth-order valence-electron chi connectivity index (χ4n) is 1.25. The lowest BCUT2D eigenvalue weighted by Gasteiger charge is -2.23. The Kier molecular flexibility index (Phi) is 3.60. The van der Waals surface area contributed by atoms with Crippen LogP contribution >= 0.6 is 11.6 Å². The van der Waals surface area contributed by atoms with Crippen molar-refractivity contribution in [3.05, 3.63) is 35.2 Å². The third-order valence-corrected chi connectivity index (χ3v) is 3.24. The molecule has 3 N–H and O–H groups in total. The third kappa shape index (κ3) is 3.34. The molecule has 7 nitrogen and oxygen atoms in total. The average molecular weight is 307 g/mol. The van der Waals surface area contributed by atoms with Crippen LogP contribution in [-0.2, 0) is 10.1 Å². The number of hydrazone groups is 1. The number of anilines is 1. The summed E-state index contributed by atoms with van der Waals surface area (Å²) in [5, 5.41) is 4.69. The molecule has 0 radical (unpaired) electrons. The van der Waals surface area contributed by atoms with Crippen molar-refractivity contribution in [3.8, 4) is 0 Å². The zero-order valence-corrected chi connectivity index (χ0v) is 10.8. The highest BCUT2D eigenvalue weighted by atomic mass is 35.5. The van der Waals surface area contributed by atoms with Gasteiger partial charge in [0, 0.05) is 6.08 Å². The number of hydrogen-bond acceptors (Lipinski definition) is 6. The van der Waals surface area contributed by atoms with E-state index in [1.807, 2.05) is 0 Å². The Morgan fingerprint density at radius 1 is 1.47 bits per heavy atom. The van der Waals surface area contributed by atoms with Crippen molar-refractivity contribution in [3.63, 3.8) is 0 Å². The van der Waals surface area contributed by atoms with E-state index in [-0.39, 0.29) is 15.6 Å². The highest BCUT2D eigenvalue weighted by Gasteiger charge is 2.14. The zero-order chi connectivity index (χ0) is 14.0. The second kappa shape index (κ2) is 5.03. The van der Waals surface area contributed by atoms with Crippen LogP contribution in [0.25, 0.3) is 0 Å². The largest absolute Gasteiger partial charge is 0.294 e. The molecular formula is C9H8ClFN4O3S. The van der Waals surface area contributed by atoms with Gasteiger partial charge in [-0.05, 0) is 18.2 Å². The van der Waals surface area contributed by atoms with Crippen molar-refractivity contribution in [1.29, 1.82) is 0 Å². The van der Waals surface area contributed by atoms with Gasteiger partial charge in [0.1, 0.15) is 0 Å². The van der Waals surface area contributed by atoms with Crippen LogP contribution in [0.15, 0.2) is 40.2 Å². The van der Waals surface area contributed by atoms with Crippen LogP contribution < -0.4 is 10.9 Å². The van der Waals surface area contributed by atoms with Crippen molar-refractivity contribution in [2.45, 2.75) is 4.90 Å². The van der Waals surface area contributed by atoms with Crippen molar-refractivity contribution < 1.29 is 17.4 Å². The molecule has 0 unspecified atom stereocenters. The summed E-state index contributed by atoms with van der Waals surface area (Å²) in [4.78, 5) is -0.343. The predicted molar refractivity (Wildman–Crippen MR) is 67.5 cm³/mol. The van der Waals surface area contributed by atoms with Gasteiger partial charge in [0.2, 0.25) is 5.95 Å². The summed E-state index contributed by atoms with van der Waals surface area (Å²) < 4.78 is 43.5. The van der Waals surface area contributed by atoms with E-state index in [1.54, 1.807) is 0 Å². The summed E-state index contributed by atoms with van der Waals surface area (Å²) in [7, 11) is -4.32. The fraction of sp³-hybridized carbons (Fsp3) is 0. The Bertz CT molecular complexity index is 661. The first kappa shape index (κ1) is 13.6. The van der Waals surface area contributed by atoms with Crippen LogP contribution in [0.3, 0.4) is 0 Å². The van der Waals surface area contributed by atoms with Crippen molar-refractivity contribution in [1.82, 2.24) is 10.7 Å². The van der Waals surface area contributed by atoms with Crippen molar-refractivity contribution in [2.24, 2.45) is 5.10 Å². The number of nitrogens with one attached hydrogen (secondary N) is 2. The smallest absolute Gasteiger partial charge is 0.282 e. The van der Waals surface area contributed by atoms with Gasteiger partial charge in [0.15, 0.2) is 0 Å². The number of hydrazine groups is 2. The van der Waals surface area contributed by atoms with Gasteiger partial charge in [0.25, 0.3) is 10.1 Å². The first-order valence-electron chi connectivity index (χ1n) is 4.86. The van der Waals surface area contributed by atoms with Gasteiger partial charge in [-0.1, -0.05) is 11.6 Å². The number of hydrogen-bond donors (Lipinski definition) is 3. The summed E-state index contributed by atoms with van der Waals surface area (Å²) in [6, 6.07) is 3.50. The minimum Gasteiger partial charge on any atom is -0.282 e. The first-order chi connectivity index (χ1) is 8.86. The molecule has 0 aliphatic carbocycles. The molecule has 0 spiro atoms. The number of halogens is 2. The van der Waals surface area contributed by atoms with Crippen molar-refractivity contribution in [2.75, 3.05) is 5.43 Å². The fourth-order valence-corrected chi connectivity index (χ4v) is 2.04. The summed E-state index contributed by atoms with van der Waals surface area (Å²) in [6.07, 6.45) is 2.32. The summed E-state index contributed by atoms with van der Waals surface area (Å²) in [6.45, 7) is 0. The van der Waals surface area contributed by atoms with E-state index >= 15 is 0 Å². The normalized spacial score (nSPS) is 14.9. The molecule has 102 valence electrons. The van der Waals surface area contributed by atoms with Crippen LogP contribution in [0.1, 0.15) is 0 Å². The monoisotopic (exact) mass is 306 g/mol. The van der Waals surface area contributed by atoms with Crippen LogP contribution in [-0.4, -0.2) is 24.4 Å². The molecule has 1 aromatic rings. The lowest BCUT2D eigenvalue weighted by molar-refractivity contribution is 0.239. The molecule has 1 heterocycles. The quantitative estimate of drug-likeness (QED) is 0.579. The van der Waals surface area contributed by atoms with Gasteiger partial charge in [-0.3, -0.25) is 9.98 Å². The Morgan fingerprint density at radius 2 is 2.21 bits per heavy atom. The SMILES string of the molecule is O=S(=O)(O)c1ccc(NN2N=CC=C(F)N2)c(Cl)c1. The summed E-state index contributed by atoms with van der Waals surface area (Å²) in [5.41, 5.74) is 5.09. The topological polar surface area (TPSA) is 94.0 Å². The molecule has 0 saturated carbocycles. The van der Waals surface area contributed by atoms with Crippen LogP contribution in [0.4, 0.5) is 10.1 Å². The third-order valence-electron chi connectivity index (χ3n) is 2.08. The van der Waals surface area contributed by atoms with E-state index in [0.717, 1.165) is 23.4 Å². The molecule has 0 aromatic heterocycles. The molecule has 19 heavy (non-hydrogen) atoms. The lowest BCUT2D eigenvalue weighted by Crippen LogP contribution is -2.38. The molecule has 0 amide bonds. The number of nitrogens with zero attached hydrogens (tertiary/aromatic N) is 2. The first-order valence-corrected chi connectivity index (χ1v) is 6.68. The Hall–Kier alpha value is -1.84. The number of benzene rings is 1. The number of rotatable bonds is 3. The average Bonchev–Trinajstić information content (AvgIpc) is 2.30. The molecule has 1 aliphatic heterocycles. The van der Waals surface area contributed by atoms with Gasteiger partial charge >= 0.3 is 0 Å². The standard InChI is InChI=1S/C9H8ClFN4O3S/c10-7-5-6(19(16,17)18)1-2-8(7)13-15-12-4-3-9(11)14-15/h1-5,13-14H,(H,16,17,18). The molecule has 2 rings (SSSR count). The second-order valence-electron chi connectivity index (χ2n) is 3.43. The van der Waals surface area contributed by atoms with Crippen molar-refractivity contribution >= 4 is 33.6 Å².